The first kappa shape index (κ1) is 20.4. The number of rotatable bonds is 5. The molecule has 1 aliphatic rings. The fourth-order valence-electron chi connectivity index (χ4n) is 3.84. The third-order valence-electron chi connectivity index (χ3n) is 5.35. The van der Waals surface area contributed by atoms with Crippen LogP contribution in [-0.4, -0.2) is 59.6 Å². The largest absolute Gasteiger partial charge is 0.508 e. The van der Waals surface area contributed by atoms with E-state index in [4.69, 9.17) is 4.42 Å². The molecule has 0 radical (unpaired) electrons. The summed E-state index contributed by atoms with van der Waals surface area (Å²) in [5.41, 5.74) is 1.90. The van der Waals surface area contributed by atoms with Gasteiger partial charge in [0.15, 0.2) is 5.78 Å². The van der Waals surface area contributed by atoms with E-state index in [1.54, 1.807) is 30.3 Å². The third kappa shape index (κ3) is 4.34. The second-order valence-corrected chi connectivity index (χ2v) is 7.45. The van der Waals surface area contributed by atoms with Gasteiger partial charge in [0.05, 0.1) is 12.1 Å². The summed E-state index contributed by atoms with van der Waals surface area (Å²) in [7, 11) is 0. The number of ketones is 1. The number of nitrogens with zero attached hydrogens (tertiary/aromatic N) is 2. The number of phenols is 1. The van der Waals surface area contributed by atoms with Gasteiger partial charge in [-0.15, -0.1) is 0 Å². The van der Waals surface area contributed by atoms with Crippen molar-refractivity contribution >= 4 is 16.8 Å². The number of phenolic OH excluding ortho intramolecular Hbond substituents is 1. The Labute approximate surface area is 171 Å². The second-order valence-electron chi connectivity index (χ2n) is 7.45. The Hall–Kier alpha value is -2.84. The van der Waals surface area contributed by atoms with Crippen molar-refractivity contribution in [3.63, 3.8) is 0 Å². The van der Waals surface area contributed by atoms with Crippen molar-refractivity contribution < 1.29 is 27.5 Å². The van der Waals surface area contributed by atoms with Crippen LogP contribution in [0.1, 0.15) is 21.5 Å². The lowest BCUT2D eigenvalue weighted by Crippen LogP contribution is -2.48. The van der Waals surface area contributed by atoms with Crippen molar-refractivity contribution in [2.45, 2.75) is 12.7 Å². The molecule has 158 valence electrons. The first-order chi connectivity index (χ1) is 14.3. The van der Waals surface area contributed by atoms with Gasteiger partial charge in [0.2, 0.25) is 0 Å². The smallest absolute Gasteiger partial charge is 0.401 e. The van der Waals surface area contributed by atoms with Crippen LogP contribution in [0.25, 0.3) is 11.0 Å². The lowest BCUT2D eigenvalue weighted by Gasteiger charge is -2.35. The normalized spacial score (nSPS) is 16.2. The van der Waals surface area contributed by atoms with Crippen LogP contribution in [0.4, 0.5) is 13.2 Å². The Balaban J connectivity index is 1.58. The monoisotopic (exact) mass is 418 g/mol. The maximum absolute atomic E-state index is 13.0. The molecule has 1 saturated heterocycles. The Morgan fingerprint density at radius 2 is 1.67 bits per heavy atom. The molecule has 1 fully saturated rings. The number of benzene rings is 2. The fraction of sp³-hybridized carbons (Fsp3) is 0.318. The number of furan rings is 1. The fourth-order valence-corrected chi connectivity index (χ4v) is 3.84. The molecule has 3 aromatic rings. The standard InChI is InChI=1S/C22H21F3N2O3/c23-22(24,25)14-27-10-8-26(9-11-27)12-16-18(28)6-7-19-20(16)17(13-30-19)21(29)15-4-2-1-3-5-15/h1-7,13,28H,8-12,14H2. The zero-order chi connectivity index (χ0) is 21.3. The van der Waals surface area contributed by atoms with Gasteiger partial charge in [-0.3, -0.25) is 14.6 Å². The number of piperazine rings is 1. The zero-order valence-corrected chi connectivity index (χ0v) is 16.2. The summed E-state index contributed by atoms with van der Waals surface area (Å²) in [4.78, 5) is 16.3. The highest BCUT2D eigenvalue weighted by Crippen LogP contribution is 2.34. The maximum Gasteiger partial charge on any atom is 0.401 e. The highest BCUT2D eigenvalue weighted by Gasteiger charge is 2.32. The first-order valence-electron chi connectivity index (χ1n) is 9.65. The average molecular weight is 418 g/mol. The van der Waals surface area contributed by atoms with Crippen molar-refractivity contribution in [2.75, 3.05) is 32.7 Å². The van der Waals surface area contributed by atoms with Gasteiger partial charge in [0, 0.05) is 49.2 Å². The Morgan fingerprint density at radius 1 is 1.00 bits per heavy atom. The van der Waals surface area contributed by atoms with Gasteiger partial charge in [0.25, 0.3) is 0 Å². The van der Waals surface area contributed by atoms with Crippen LogP contribution in [0.5, 0.6) is 5.75 Å². The number of carbonyl (C=O) groups excluding carboxylic acids is 1. The van der Waals surface area contributed by atoms with Crippen LogP contribution in [0.15, 0.2) is 53.1 Å². The van der Waals surface area contributed by atoms with Crippen LogP contribution in [0.2, 0.25) is 0 Å². The van der Waals surface area contributed by atoms with E-state index in [0.717, 1.165) is 0 Å². The molecule has 8 heteroatoms. The first-order valence-corrected chi connectivity index (χ1v) is 9.65. The molecule has 2 aromatic carbocycles. The highest BCUT2D eigenvalue weighted by atomic mass is 19.4. The molecule has 4 rings (SSSR count). The molecule has 0 unspecified atom stereocenters. The highest BCUT2D eigenvalue weighted by molar-refractivity contribution is 6.16. The van der Waals surface area contributed by atoms with Crippen LogP contribution < -0.4 is 0 Å². The molecule has 0 saturated carbocycles. The van der Waals surface area contributed by atoms with Crippen molar-refractivity contribution in [2.24, 2.45) is 0 Å². The van der Waals surface area contributed by atoms with Gasteiger partial charge < -0.3 is 9.52 Å². The zero-order valence-electron chi connectivity index (χ0n) is 16.2. The lowest BCUT2D eigenvalue weighted by atomic mass is 9.98. The maximum atomic E-state index is 13.0. The van der Waals surface area contributed by atoms with Gasteiger partial charge in [-0.1, -0.05) is 30.3 Å². The van der Waals surface area contributed by atoms with Crippen molar-refractivity contribution in [1.82, 2.24) is 9.80 Å². The van der Waals surface area contributed by atoms with E-state index in [2.05, 4.69) is 0 Å². The number of hydrogen-bond donors (Lipinski definition) is 1. The number of halogens is 3. The van der Waals surface area contributed by atoms with Gasteiger partial charge in [-0.25, -0.2) is 0 Å². The minimum absolute atomic E-state index is 0.0312. The van der Waals surface area contributed by atoms with Gasteiger partial charge >= 0.3 is 6.18 Å². The Kier molecular flexibility index (Phi) is 5.53. The van der Waals surface area contributed by atoms with Crippen molar-refractivity contribution in [3.8, 4) is 5.75 Å². The van der Waals surface area contributed by atoms with Crippen molar-refractivity contribution in [1.29, 1.82) is 0 Å². The molecule has 2 heterocycles. The van der Waals surface area contributed by atoms with Crippen LogP contribution >= 0.6 is 0 Å². The van der Waals surface area contributed by atoms with E-state index in [1.165, 1.54) is 17.2 Å². The molecule has 0 aliphatic carbocycles. The van der Waals surface area contributed by atoms with E-state index in [9.17, 15) is 23.1 Å². The van der Waals surface area contributed by atoms with Gasteiger partial charge in [0.1, 0.15) is 17.6 Å². The summed E-state index contributed by atoms with van der Waals surface area (Å²) in [6, 6.07) is 11.9. The summed E-state index contributed by atoms with van der Waals surface area (Å²) in [5, 5.41) is 11.0. The molecule has 0 spiro atoms. The molecule has 1 aromatic heterocycles. The topological polar surface area (TPSA) is 56.9 Å². The SMILES string of the molecule is O=C(c1ccccc1)c1coc2ccc(O)c(CN3CCN(CC(F)(F)F)CC3)c12. The van der Waals surface area contributed by atoms with Crippen LogP contribution in [-0.2, 0) is 6.54 Å². The summed E-state index contributed by atoms with van der Waals surface area (Å²) in [6.45, 7) is 0.850. The van der Waals surface area contributed by atoms with Crippen LogP contribution in [0, 0.1) is 0 Å². The average Bonchev–Trinajstić information content (AvgIpc) is 3.15. The summed E-state index contributed by atoms with van der Waals surface area (Å²) in [6.07, 6.45) is -2.82. The minimum atomic E-state index is -4.21. The lowest BCUT2D eigenvalue weighted by molar-refractivity contribution is -0.149. The number of fused-ring (bicyclic) bond motifs is 1. The number of alkyl halides is 3. The predicted molar refractivity (Wildman–Crippen MR) is 106 cm³/mol. The molecule has 0 amide bonds. The quantitative estimate of drug-likeness (QED) is 0.634. The molecule has 1 aliphatic heterocycles. The van der Waals surface area contributed by atoms with E-state index in [0.29, 0.717) is 47.3 Å². The second kappa shape index (κ2) is 8.12. The number of aromatic hydroxyl groups is 1. The molecule has 5 nitrogen and oxygen atoms in total. The van der Waals surface area contributed by atoms with E-state index in [1.807, 2.05) is 11.0 Å². The van der Waals surface area contributed by atoms with Gasteiger partial charge in [-0.05, 0) is 12.1 Å². The third-order valence-corrected chi connectivity index (χ3v) is 5.35. The summed E-state index contributed by atoms with van der Waals surface area (Å²) in [5.74, 6) is -0.181. The Bertz CT molecular complexity index is 1040. The Morgan fingerprint density at radius 3 is 2.33 bits per heavy atom. The molecule has 0 bridgehead atoms. The molecule has 30 heavy (non-hydrogen) atoms. The molecule has 1 N–H and O–H groups in total. The summed E-state index contributed by atoms with van der Waals surface area (Å²) < 4.78 is 43.4. The molecule has 0 atom stereocenters. The van der Waals surface area contributed by atoms with E-state index in [-0.39, 0.29) is 24.6 Å². The van der Waals surface area contributed by atoms with E-state index >= 15 is 0 Å². The number of carbonyl (C=O) groups is 1. The number of hydrogen-bond acceptors (Lipinski definition) is 5. The molecular formula is C22H21F3N2O3. The minimum Gasteiger partial charge on any atom is -0.508 e. The van der Waals surface area contributed by atoms with Crippen LogP contribution in [0.3, 0.4) is 0 Å². The van der Waals surface area contributed by atoms with Crippen molar-refractivity contribution in [3.05, 3.63) is 65.4 Å². The van der Waals surface area contributed by atoms with Gasteiger partial charge in [-0.2, -0.15) is 13.2 Å². The summed E-state index contributed by atoms with van der Waals surface area (Å²) >= 11 is 0. The molecular weight excluding hydrogens is 397 g/mol. The predicted octanol–water partition coefficient (Wildman–Crippen LogP) is 4.05. The van der Waals surface area contributed by atoms with E-state index < -0.39 is 12.7 Å².